The van der Waals surface area contributed by atoms with E-state index in [1.54, 1.807) is 16.8 Å². The fourth-order valence-corrected chi connectivity index (χ4v) is 4.23. The number of ether oxygens (including phenoxy) is 1. The Labute approximate surface area is 227 Å². The topological polar surface area (TPSA) is 108 Å². The molecule has 0 saturated heterocycles. The van der Waals surface area contributed by atoms with Crippen LogP contribution in [0.5, 0.6) is 5.75 Å². The Morgan fingerprint density at radius 2 is 2.05 bits per heavy atom. The molecular formula is C28H30ClN7O2. The Morgan fingerprint density at radius 3 is 2.74 bits per heavy atom. The van der Waals surface area contributed by atoms with Crippen LogP contribution in [-0.4, -0.2) is 46.2 Å². The maximum absolute atomic E-state index is 12.6. The number of amides is 1. The van der Waals surface area contributed by atoms with Crippen molar-refractivity contribution >= 4 is 45.5 Å². The van der Waals surface area contributed by atoms with Crippen LogP contribution in [0.3, 0.4) is 0 Å². The molecule has 1 amide bonds. The zero-order valence-electron chi connectivity index (χ0n) is 21.9. The number of pyridine rings is 1. The number of halogens is 1. The molecule has 38 heavy (non-hydrogen) atoms. The minimum absolute atomic E-state index is 0.0544. The zero-order valence-corrected chi connectivity index (χ0v) is 22.6. The van der Waals surface area contributed by atoms with Gasteiger partial charge in [0, 0.05) is 42.6 Å². The Bertz CT molecular complexity index is 1510. The van der Waals surface area contributed by atoms with Crippen molar-refractivity contribution in [2.45, 2.75) is 26.4 Å². The maximum Gasteiger partial charge on any atom is 0.224 e. The fraction of sp³-hybridized carbons (Fsp3) is 0.286. The van der Waals surface area contributed by atoms with E-state index in [1.807, 2.05) is 63.4 Å². The van der Waals surface area contributed by atoms with Crippen LogP contribution in [0.2, 0.25) is 5.02 Å². The van der Waals surface area contributed by atoms with Crippen molar-refractivity contribution in [3.05, 3.63) is 70.6 Å². The lowest BCUT2D eigenvalue weighted by atomic mass is 10.0. The number of nitrogens with one attached hydrogen (secondary N) is 2. The first-order valence-corrected chi connectivity index (χ1v) is 12.6. The molecular weight excluding hydrogens is 502 g/mol. The third-order valence-electron chi connectivity index (χ3n) is 5.96. The number of aryl methyl sites for hydroxylation is 2. The summed E-state index contributed by atoms with van der Waals surface area (Å²) in [5, 5.41) is 21.6. The van der Waals surface area contributed by atoms with Crippen molar-refractivity contribution in [2.75, 3.05) is 31.3 Å². The number of carbonyl (C=O) groups is 1. The Kier molecular flexibility index (Phi) is 8.46. The Hall–Kier alpha value is -4.13. The molecule has 0 fully saturated rings. The van der Waals surface area contributed by atoms with Gasteiger partial charge in [-0.1, -0.05) is 11.6 Å². The summed E-state index contributed by atoms with van der Waals surface area (Å²) in [4.78, 5) is 19.1. The van der Waals surface area contributed by atoms with Crippen molar-refractivity contribution < 1.29 is 9.53 Å². The van der Waals surface area contributed by atoms with Gasteiger partial charge in [0.15, 0.2) is 0 Å². The predicted molar refractivity (Wildman–Crippen MR) is 150 cm³/mol. The van der Waals surface area contributed by atoms with Gasteiger partial charge in [-0.05, 0) is 75.9 Å². The normalized spacial score (nSPS) is 11.0. The smallest absolute Gasteiger partial charge is 0.224 e. The van der Waals surface area contributed by atoms with E-state index in [4.69, 9.17) is 16.3 Å². The van der Waals surface area contributed by atoms with E-state index in [2.05, 4.69) is 26.8 Å². The second kappa shape index (κ2) is 11.9. The van der Waals surface area contributed by atoms with Gasteiger partial charge in [-0.15, -0.1) is 0 Å². The number of rotatable bonds is 10. The molecule has 2 aromatic carbocycles. The monoisotopic (exact) mass is 531 g/mol. The van der Waals surface area contributed by atoms with Crippen LogP contribution < -0.4 is 15.4 Å². The fourth-order valence-electron chi connectivity index (χ4n) is 4.00. The van der Waals surface area contributed by atoms with Gasteiger partial charge in [0.1, 0.15) is 18.4 Å². The average Bonchev–Trinajstić information content (AvgIpc) is 3.29. The second-order valence-electron chi connectivity index (χ2n) is 9.34. The van der Waals surface area contributed by atoms with E-state index in [0.29, 0.717) is 57.3 Å². The Balaban J connectivity index is 1.57. The van der Waals surface area contributed by atoms with Gasteiger partial charge < -0.3 is 20.3 Å². The van der Waals surface area contributed by atoms with Crippen molar-refractivity contribution in [2.24, 2.45) is 7.05 Å². The number of hydrogen-bond acceptors (Lipinski definition) is 7. The molecule has 0 unspecified atom stereocenters. The standard InChI is InChI=1S/C28H30ClN7O2/c1-18-12-25-22(14-24(18)33-27(37)6-5-10-35(2)3)28(19(15-30)16-31-25)32-20-7-8-26(23(29)13-20)38-17-21-9-11-36(4)34-21/h7-9,11-14,16H,5-6,10,17H2,1-4H3,(H,31,32)(H,33,37). The van der Waals surface area contributed by atoms with E-state index in [-0.39, 0.29) is 5.91 Å². The lowest BCUT2D eigenvalue weighted by molar-refractivity contribution is -0.116. The molecule has 0 saturated carbocycles. The molecule has 2 aromatic heterocycles. The molecule has 0 radical (unpaired) electrons. The van der Waals surface area contributed by atoms with Crippen LogP contribution in [0.4, 0.5) is 17.1 Å². The summed E-state index contributed by atoms with van der Waals surface area (Å²) in [6.07, 6.45) is 4.57. The lowest BCUT2D eigenvalue weighted by Gasteiger charge is -2.16. The number of fused-ring (bicyclic) bond motifs is 1. The highest BCUT2D eigenvalue weighted by atomic mass is 35.5. The van der Waals surface area contributed by atoms with Crippen LogP contribution >= 0.6 is 11.6 Å². The van der Waals surface area contributed by atoms with Gasteiger partial charge in [-0.2, -0.15) is 10.4 Å². The number of anilines is 3. The molecule has 2 N–H and O–H groups in total. The Morgan fingerprint density at radius 1 is 1.24 bits per heavy atom. The zero-order chi connectivity index (χ0) is 27.2. The van der Waals surface area contributed by atoms with Crippen LogP contribution in [0.25, 0.3) is 10.9 Å². The summed E-state index contributed by atoms with van der Waals surface area (Å²) in [5.74, 6) is 0.471. The van der Waals surface area contributed by atoms with Gasteiger partial charge in [0.25, 0.3) is 0 Å². The molecule has 0 spiro atoms. The van der Waals surface area contributed by atoms with Crippen LogP contribution in [-0.2, 0) is 18.4 Å². The number of nitrogens with zero attached hydrogens (tertiary/aromatic N) is 5. The summed E-state index contributed by atoms with van der Waals surface area (Å²) < 4.78 is 7.53. The van der Waals surface area contributed by atoms with Gasteiger partial charge in [0.05, 0.1) is 27.5 Å². The summed E-state index contributed by atoms with van der Waals surface area (Å²) in [7, 11) is 5.81. The first kappa shape index (κ1) is 26.9. The van der Waals surface area contributed by atoms with E-state index in [0.717, 1.165) is 24.2 Å². The predicted octanol–water partition coefficient (Wildman–Crippen LogP) is 5.40. The maximum atomic E-state index is 12.6. The van der Waals surface area contributed by atoms with Crippen LogP contribution in [0.1, 0.15) is 29.7 Å². The highest BCUT2D eigenvalue weighted by molar-refractivity contribution is 6.32. The molecule has 2 heterocycles. The summed E-state index contributed by atoms with van der Waals surface area (Å²) in [6, 6.07) is 13.2. The minimum atomic E-state index is -0.0544. The van der Waals surface area contributed by atoms with Gasteiger partial charge >= 0.3 is 0 Å². The number of benzene rings is 2. The van der Waals surface area contributed by atoms with E-state index >= 15 is 0 Å². The van der Waals surface area contributed by atoms with Crippen LogP contribution in [0, 0.1) is 18.3 Å². The molecule has 0 bridgehead atoms. The van der Waals surface area contributed by atoms with Crippen molar-refractivity contribution in [3.63, 3.8) is 0 Å². The van der Waals surface area contributed by atoms with Crippen LogP contribution in [0.15, 0.2) is 48.8 Å². The van der Waals surface area contributed by atoms with Gasteiger partial charge in [0.2, 0.25) is 5.91 Å². The van der Waals surface area contributed by atoms with E-state index < -0.39 is 0 Å². The molecule has 4 aromatic rings. The minimum Gasteiger partial charge on any atom is -0.486 e. The second-order valence-corrected chi connectivity index (χ2v) is 9.74. The lowest BCUT2D eigenvalue weighted by Crippen LogP contribution is -2.17. The van der Waals surface area contributed by atoms with E-state index in [1.165, 1.54) is 6.20 Å². The molecule has 4 rings (SSSR count). The molecule has 0 aliphatic carbocycles. The summed E-state index contributed by atoms with van der Waals surface area (Å²) >= 11 is 6.50. The SMILES string of the molecule is Cc1cc2ncc(C#N)c(Nc3ccc(OCc4ccn(C)n4)c(Cl)c3)c2cc1NC(=O)CCCN(C)C. The van der Waals surface area contributed by atoms with Gasteiger partial charge in [-0.3, -0.25) is 14.5 Å². The molecule has 10 heteroatoms. The third-order valence-corrected chi connectivity index (χ3v) is 6.26. The number of aromatic nitrogens is 3. The third kappa shape index (κ3) is 6.59. The number of hydrogen-bond donors (Lipinski definition) is 2. The first-order chi connectivity index (χ1) is 18.2. The highest BCUT2D eigenvalue weighted by Gasteiger charge is 2.14. The van der Waals surface area contributed by atoms with E-state index in [9.17, 15) is 10.1 Å². The molecule has 196 valence electrons. The molecule has 0 atom stereocenters. The summed E-state index contributed by atoms with van der Waals surface area (Å²) in [5.41, 5.74) is 4.70. The molecule has 9 nitrogen and oxygen atoms in total. The number of nitriles is 1. The van der Waals surface area contributed by atoms with Crippen molar-refractivity contribution in [1.82, 2.24) is 19.7 Å². The first-order valence-electron chi connectivity index (χ1n) is 12.2. The van der Waals surface area contributed by atoms with Crippen molar-refractivity contribution in [3.8, 4) is 11.8 Å². The largest absolute Gasteiger partial charge is 0.486 e. The van der Waals surface area contributed by atoms with Gasteiger partial charge in [-0.25, -0.2) is 0 Å². The quantitative estimate of drug-likeness (QED) is 0.282. The average molecular weight is 532 g/mol. The summed E-state index contributed by atoms with van der Waals surface area (Å²) in [6.45, 7) is 3.05. The molecule has 0 aliphatic heterocycles. The number of carbonyl (C=O) groups excluding carboxylic acids is 1. The highest BCUT2D eigenvalue weighted by Crippen LogP contribution is 2.35. The van der Waals surface area contributed by atoms with Crippen molar-refractivity contribution in [1.29, 1.82) is 5.26 Å². The molecule has 0 aliphatic rings.